The summed E-state index contributed by atoms with van der Waals surface area (Å²) >= 11 is 0. The van der Waals surface area contributed by atoms with Crippen LogP contribution < -0.4 is 11.5 Å². The van der Waals surface area contributed by atoms with Gasteiger partial charge in [0.2, 0.25) is 5.91 Å². The second-order valence-electron chi connectivity index (χ2n) is 12.2. The molecule has 0 radical (unpaired) electrons. The van der Waals surface area contributed by atoms with E-state index in [0.29, 0.717) is 12.0 Å². The summed E-state index contributed by atoms with van der Waals surface area (Å²) in [6.07, 6.45) is -0.386. The van der Waals surface area contributed by atoms with Crippen molar-refractivity contribution in [1.82, 2.24) is 0 Å². The van der Waals surface area contributed by atoms with Crippen molar-refractivity contribution in [2.75, 3.05) is 0 Å². The van der Waals surface area contributed by atoms with Gasteiger partial charge in [-0.25, -0.2) is 0 Å². The molecule has 250 valence electrons. The summed E-state index contributed by atoms with van der Waals surface area (Å²) in [4.78, 5) is 52.7. The number of hydrogen-bond donors (Lipinski definition) is 2. The SMILES string of the molecule is NC(=O)C[C@H](Cc1ccc2ccccc2c1)OC(=O)[C@H](CCC(N)C(=O)OCc1ccccc1)C(=O)c1cccc(Cc2ccccc2)c1. The lowest BCUT2D eigenvalue weighted by molar-refractivity contribution is -0.154. The molecule has 49 heavy (non-hydrogen) atoms. The molecule has 5 aromatic rings. The average Bonchev–Trinajstić information content (AvgIpc) is 3.11. The first-order chi connectivity index (χ1) is 23.7. The zero-order chi connectivity index (χ0) is 34.6. The maximum absolute atomic E-state index is 14.0. The zero-order valence-electron chi connectivity index (χ0n) is 27.2. The molecular formula is C41H40N2O6. The van der Waals surface area contributed by atoms with Crippen LogP contribution in [-0.2, 0) is 43.3 Å². The lowest BCUT2D eigenvalue weighted by atomic mass is 9.90. The second-order valence-corrected chi connectivity index (χ2v) is 12.2. The largest absolute Gasteiger partial charge is 0.461 e. The number of carbonyl (C=O) groups excluding carboxylic acids is 4. The topological polar surface area (TPSA) is 139 Å². The third-order valence-corrected chi connectivity index (χ3v) is 8.35. The maximum Gasteiger partial charge on any atom is 0.323 e. The Bertz CT molecular complexity index is 1890. The van der Waals surface area contributed by atoms with Gasteiger partial charge in [0.1, 0.15) is 24.7 Å². The number of benzene rings is 5. The summed E-state index contributed by atoms with van der Waals surface area (Å²) in [5.74, 6) is -3.84. The van der Waals surface area contributed by atoms with Crippen LogP contribution in [0.15, 0.2) is 127 Å². The lowest BCUT2D eigenvalue weighted by Crippen LogP contribution is -2.36. The molecule has 0 spiro atoms. The quantitative estimate of drug-likeness (QED) is 0.0742. The Morgan fingerprint density at radius 3 is 1.98 bits per heavy atom. The summed E-state index contributed by atoms with van der Waals surface area (Å²) in [5, 5.41) is 2.05. The monoisotopic (exact) mass is 656 g/mol. The van der Waals surface area contributed by atoms with E-state index < -0.39 is 41.7 Å². The van der Waals surface area contributed by atoms with Crippen LogP contribution >= 0.6 is 0 Å². The van der Waals surface area contributed by atoms with Gasteiger partial charge in [-0.3, -0.25) is 19.2 Å². The number of carbonyl (C=O) groups is 4. The molecule has 4 N–H and O–H groups in total. The van der Waals surface area contributed by atoms with Gasteiger partial charge in [0.15, 0.2) is 5.78 Å². The van der Waals surface area contributed by atoms with Crippen LogP contribution in [-0.4, -0.2) is 35.8 Å². The molecule has 0 aliphatic rings. The Balaban J connectivity index is 1.34. The lowest BCUT2D eigenvalue weighted by Gasteiger charge is -2.22. The Hall–Kier alpha value is -5.60. The normalized spacial score (nSPS) is 12.8. The highest BCUT2D eigenvalue weighted by Crippen LogP contribution is 2.23. The Kier molecular flexibility index (Phi) is 12.0. The molecule has 3 atom stereocenters. The standard InChI is InChI=1S/C41H40N2O6/c42-37(41(47)48-27-29-12-5-2-6-13-29)21-20-36(39(45)34-17-9-14-30(24-34)22-28-10-3-1-4-11-28)40(46)49-35(26-38(43)44)25-31-18-19-32-15-7-8-16-33(32)23-31/h1-19,23-24,35-37H,20-22,25-27,42H2,(H2,43,44)/t35-,36+,37?/m0/s1. The van der Waals surface area contributed by atoms with Crippen LogP contribution in [0.3, 0.4) is 0 Å². The number of nitrogens with two attached hydrogens (primary N) is 2. The first kappa shape index (κ1) is 34.7. The number of rotatable bonds is 16. The number of hydrogen-bond acceptors (Lipinski definition) is 7. The van der Waals surface area contributed by atoms with Gasteiger partial charge in [0.05, 0.1) is 6.42 Å². The summed E-state index contributed by atoms with van der Waals surface area (Å²) in [7, 11) is 0. The second kappa shape index (κ2) is 17.0. The molecule has 1 amide bonds. The van der Waals surface area contributed by atoms with E-state index >= 15 is 0 Å². The van der Waals surface area contributed by atoms with Crippen LogP contribution in [0, 0.1) is 5.92 Å². The van der Waals surface area contributed by atoms with Crippen molar-refractivity contribution >= 4 is 34.4 Å². The fraction of sp³-hybridized carbons (Fsp3) is 0.220. The molecule has 8 nitrogen and oxygen atoms in total. The van der Waals surface area contributed by atoms with Crippen LogP contribution in [0.1, 0.15) is 51.9 Å². The fourth-order valence-electron chi connectivity index (χ4n) is 5.78. The van der Waals surface area contributed by atoms with E-state index in [2.05, 4.69) is 0 Å². The van der Waals surface area contributed by atoms with Gasteiger partial charge in [-0.05, 0) is 58.4 Å². The number of esters is 2. The van der Waals surface area contributed by atoms with E-state index in [4.69, 9.17) is 20.9 Å². The van der Waals surface area contributed by atoms with Crippen LogP contribution in [0.25, 0.3) is 10.8 Å². The van der Waals surface area contributed by atoms with Gasteiger partial charge in [-0.15, -0.1) is 0 Å². The van der Waals surface area contributed by atoms with Crippen LogP contribution in [0.5, 0.6) is 0 Å². The van der Waals surface area contributed by atoms with Gasteiger partial charge < -0.3 is 20.9 Å². The molecule has 0 fully saturated rings. The van der Waals surface area contributed by atoms with Crippen molar-refractivity contribution in [3.8, 4) is 0 Å². The molecule has 0 aliphatic carbocycles. The number of fused-ring (bicyclic) bond motifs is 1. The van der Waals surface area contributed by atoms with E-state index in [1.165, 1.54) is 0 Å². The minimum absolute atomic E-state index is 0.00596. The Morgan fingerprint density at radius 1 is 0.612 bits per heavy atom. The molecule has 8 heteroatoms. The molecule has 0 saturated carbocycles. The molecular weight excluding hydrogens is 616 g/mol. The first-order valence-corrected chi connectivity index (χ1v) is 16.3. The molecule has 1 unspecified atom stereocenters. The minimum atomic E-state index is -1.29. The van der Waals surface area contributed by atoms with E-state index in [9.17, 15) is 19.2 Å². The fourth-order valence-corrected chi connectivity index (χ4v) is 5.78. The highest BCUT2D eigenvalue weighted by molar-refractivity contribution is 6.08. The number of ether oxygens (including phenoxy) is 2. The van der Waals surface area contributed by atoms with E-state index in [1.54, 1.807) is 18.2 Å². The smallest absolute Gasteiger partial charge is 0.323 e. The number of amides is 1. The maximum atomic E-state index is 14.0. The minimum Gasteiger partial charge on any atom is -0.461 e. The Labute approximate surface area is 286 Å². The average molecular weight is 657 g/mol. The number of Topliss-reactive ketones (excluding diaryl/α,β-unsaturated/α-hetero) is 1. The van der Waals surface area contributed by atoms with E-state index in [0.717, 1.165) is 33.0 Å². The van der Waals surface area contributed by atoms with Gasteiger partial charge in [0, 0.05) is 12.0 Å². The van der Waals surface area contributed by atoms with Crippen molar-refractivity contribution in [3.05, 3.63) is 155 Å². The van der Waals surface area contributed by atoms with Gasteiger partial charge in [-0.1, -0.05) is 121 Å². The number of ketones is 1. The third kappa shape index (κ3) is 10.2. The summed E-state index contributed by atoms with van der Waals surface area (Å²) in [6.45, 7) is 0.0511. The third-order valence-electron chi connectivity index (χ3n) is 8.35. The zero-order valence-corrected chi connectivity index (χ0v) is 27.2. The summed E-state index contributed by atoms with van der Waals surface area (Å²) in [6, 6.07) is 38.8. The molecule has 5 rings (SSSR count). The summed E-state index contributed by atoms with van der Waals surface area (Å²) in [5.41, 5.74) is 15.7. The molecule has 0 saturated heterocycles. The van der Waals surface area contributed by atoms with Crippen molar-refractivity contribution in [1.29, 1.82) is 0 Å². The highest BCUT2D eigenvalue weighted by atomic mass is 16.5. The van der Waals surface area contributed by atoms with Gasteiger partial charge in [0.25, 0.3) is 0 Å². The van der Waals surface area contributed by atoms with Crippen LogP contribution in [0.4, 0.5) is 0 Å². The van der Waals surface area contributed by atoms with Crippen molar-refractivity contribution in [2.24, 2.45) is 17.4 Å². The molecule has 5 aromatic carbocycles. The predicted molar refractivity (Wildman–Crippen MR) is 188 cm³/mol. The van der Waals surface area contributed by atoms with E-state index in [1.807, 2.05) is 109 Å². The molecule has 0 bridgehead atoms. The van der Waals surface area contributed by atoms with Crippen molar-refractivity contribution in [3.63, 3.8) is 0 Å². The summed E-state index contributed by atoms with van der Waals surface area (Å²) < 4.78 is 11.3. The molecule has 0 heterocycles. The highest BCUT2D eigenvalue weighted by Gasteiger charge is 2.33. The van der Waals surface area contributed by atoms with Crippen LogP contribution in [0.2, 0.25) is 0 Å². The predicted octanol–water partition coefficient (Wildman–Crippen LogP) is 6.11. The van der Waals surface area contributed by atoms with E-state index in [-0.39, 0.29) is 32.3 Å². The first-order valence-electron chi connectivity index (χ1n) is 16.3. The van der Waals surface area contributed by atoms with Gasteiger partial charge >= 0.3 is 11.9 Å². The van der Waals surface area contributed by atoms with Crippen molar-refractivity contribution in [2.45, 2.75) is 50.9 Å². The Morgan fingerprint density at radius 2 is 1.27 bits per heavy atom. The molecule has 0 aromatic heterocycles. The number of primary amides is 1. The van der Waals surface area contributed by atoms with Gasteiger partial charge in [-0.2, -0.15) is 0 Å². The molecule has 0 aliphatic heterocycles. The van der Waals surface area contributed by atoms with Crippen molar-refractivity contribution < 1.29 is 28.7 Å².